The largest absolute Gasteiger partial charge is 1.00 e. The van der Waals surface area contributed by atoms with E-state index in [-0.39, 0.29) is 12.4 Å². The van der Waals surface area contributed by atoms with Crippen LogP contribution in [0.5, 0.6) is 0 Å². The molecule has 0 aliphatic carbocycles. The van der Waals surface area contributed by atoms with Crippen LogP contribution >= 0.6 is 0 Å². The zero-order valence-corrected chi connectivity index (χ0v) is 15.4. The van der Waals surface area contributed by atoms with Crippen molar-refractivity contribution in [2.24, 2.45) is 5.92 Å². The molecule has 0 heterocycles. The highest BCUT2D eigenvalue weighted by Gasteiger charge is 2.11. The number of nitrogens with one attached hydrogen (secondary N) is 1. The predicted octanol–water partition coefficient (Wildman–Crippen LogP) is 1.47. The SMILES string of the molecule is CCCCCCCCC(CCCCCC)C[NH+](C)C.[Cl-]. The predicted molar refractivity (Wildman–Crippen MR) is 87.9 cm³/mol. The second-order valence-electron chi connectivity index (χ2n) is 6.68. The number of unbranched alkanes of at least 4 members (excludes halogenated alkanes) is 8. The zero-order chi connectivity index (χ0) is 14.3. The molecule has 0 aromatic rings. The molecule has 1 nitrogen and oxygen atoms in total. The van der Waals surface area contributed by atoms with E-state index >= 15 is 0 Å². The van der Waals surface area contributed by atoms with Gasteiger partial charge in [0.05, 0.1) is 20.6 Å². The van der Waals surface area contributed by atoms with Crippen molar-refractivity contribution in [1.29, 1.82) is 0 Å². The summed E-state index contributed by atoms with van der Waals surface area (Å²) in [7, 11) is 4.61. The van der Waals surface area contributed by atoms with Gasteiger partial charge in [0.15, 0.2) is 0 Å². The van der Waals surface area contributed by atoms with Crippen molar-refractivity contribution in [3.8, 4) is 0 Å². The molecule has 0 saturated carbocycles. The van der Waals surface area contributed by atoms with Crippen molar-refractivity contribution in [2.45, 2.75) is 90.9 Å². The van der Waals surface area contributed by atoms with Gasteiger partial charge in [0.1, 0.15) is 0 Å². The summed E-state index contributed by atoms with van der Waals surface area (Å²) in [6, 6.07) is 0. The van der Waals surface area contributed by atoms with Crippen molar-refractivity contribution in [3.05, 3.63) is 0 Å². The molecule has 0 bridgehead atoms. The molecule has 0 amide bonds. The molecule has 1 atom stereocenters. The van der Waals surface area contributed by atoms with Gasteiger partial charge in [-0.1, -0.05) is 78.1 Å². The summed E-state index contributed by atoms with van der Waals surface area (Å²) < 4.78 is 0. The van der Waals surface area contributed by atoms with Gasteiger partial charge >= 0.3 is 0 Å². The molecular weight excluding hydrogens is 266 g/mol. The summed E-state index contributed by atoms with van der Waals surface area (Å²) in [5, 5.41) is 0. The molecule has 124 valence electrons. The van der Waals surface area contributed by atoms with Crippen molar-refractivity contribution in [2.75, 3.05) is 20.6 Å². The van der Waals surface area contributed by atoms with Crippen molar-refractivity contribution >= 4 is 0 Å². The van der Waals surface area contributed by atoms with Crippen LogP contribution < -0.4 is 17.3 Å². The third-order valence-corrected chi connectivity index (χ3v) is 4.13. The van der Waals surface area contributed by atoms with E-state index < -0.39 is 0 Å². The van der Waals surface area contributed by atoms with Gasteiger partial charge in [0.2, 0.25) is 0 Å². The van der Waals surface area contributed by atoms with E-state index in [0.29, 0.717) is 0 Å². The van der Waals surface area contributed by atoms with Crippen LogP contribution in [0.1, 0.15) is 90.9 Å². The molecule has 1 N–H and O–H groups in total. The Morgan fingerprint density at radius 1 is 0.650 bits per heavy atom. The van der Waals surface area contributed by atoms with Crippen molar-refractivity contribution in [3.63, 3.8) is 0 Å². The summed E-state index contributed by atoms with van der Waals surface area (Å²) in [6.45, 7) is 5.98. The highest BCUT2D eigenvalue weighted by Crippen LogP contribution is 2.17. The van der Waals surface area contributed by atoms with Gasteiger partial charge in [-0.25, -0.2) is 0 Å². The summed E-state index contributed by atoms with van der Waals surface area (Å²) in [5.74, 6) is 0.980. The summed E-state index contributed by atoms with van der Waals surface area (Å²) in [5.41, 5.74) is 0. The molecule has 0 aliphatic heterocycles. The van der Waals surface area contributed by atoms with E-state index in [1.54, 1.807) is 4.90 Å². The number of rotatable bonds is 14. The topological polar surface area (TPSA) is 4.44 Å². The number of hydrogen-bond donors (Lipinski definition) is 1. The third-order valence-electron chi connectivity index (χ3n) is 4.13. The minimum atomic E-state index is 0. The molecule has 0 saturated heterocycles. The lowest BCUT2D eigenvalue weighted by atomic mass is 9.94. The highest BCUT2D eigenvalue weighted by atomic mass is 35.5. The van der Waals surface area contributed by atoms with E-state index in [1.165, 1.54) is 83.6 Å². The molecular formula is C18H40ClN. The molecule has 2 heteroatoms. The van der Waals surface area contributed by atoms with Gasteiger partial charge in [-0.3, -0.25) is 0 Å². The summed E-state index contributed by atoms with van der Waals surface area (Å²) in [6.07, 6.45) is 17.3. The maximum Gasteiger partial charge on any atom is 0.0795 e. The Kier molecular flexibility index (Phi) is 19.5. The smallest absolute Gasteiger partial charge is 0.0795 e. The summed E-state index contributed by atoms with van der Waals surface area (Å²) >= 11 is 0. The minimum absolute atomic E-state index is 0. The quantitative estimate of drug-likeness (QED) is 0.464. The molecule has 1 unspecified atom stereocenters. The van der Waals surface area contributed by atoms with E-state index in [2.05, 4.69) is 27.9 Å². The van der Waals surface area contributed by atoms with Crippen LogP contribution in [-0.4, -0.2) is 20.6 Å². The molecule has 0 spiro atoms. The van der Waals surface area contributed by atoms with Gasteiger partial charge in [-0.05, 0) is 12.8 Å². The van der Waals surface area contributed by atoms with Gasteiger partial charge in [0, 0.05) is 5.92 Å². The van der Waals surface area contributed by atoms with Gasteiger partial charge in [-0.15, -0.1) is 0 Å². The average molecular weight is 306 g/mol. The van der Waals surface area contributed by atoms with Crippen LogP contribution in [0.2, 0.25) is 0 Å². The monoisotopic (exact) mass is 305 g/mol. The second-order valence-corrected chi connectivity index (χ2v) is 6.68. The lowest BCUT2D eigenvalue weighted by Gasteiger charge is -2.19. The Bertz CT molecular complexity index is 171. The fourth-order valence-corrected chi connectivity index (χ4v) is 3.00. The van der Waals surface area contributed by atoms with Crippen LogP contribution in [0.15, 0.2) is 0 Å². The van der Waals surface area contributed by atoms with E-state index in [9.17, 15) is 0 Å². The zero-order valence-electron chi connectivity index (χ0n) is 14.6. The molecule has 0 radical (unpaired) electrons. The Hall–Kier alpha value is 0.250. The first kappa shape index (κ1) is 22.5. The molecule has 0 aromatic carbocycles. The Labute approximate surface area is 135 Å². The van der Waals surface area contributed by atoms with Crippen LogP contribution in [0.25, 0.3) is 0 Å². The highest BCUT2D eigenvalue weighted by molar-refractivity contribution is 4.59. The number of hydrogen-bond acceptors (Lipinski definition) is 0. The maximum absolute atomic E-state index is 2.31. The number of quaternary nitrogens is 1. The first-order chi connectivity index (χ1) is 9.20. The van der Waals surface area contributed by atoms with E-state index in [4.69, 9.17) is 0 Å². The molecule has 20 heavy (non-hydrogen) atoms. The van der Waals surface area contributed by atoms with Gasteiger partial charge in [-0.2, -0.15) is 0 Å². The average Bonchev–Trinajstić information content (AvgIpc) is 2.37. The normalized spacial score (nSPS) is 12.4. The lowest BCUT2D eigenvalue weighted by molar-refractivity contribution is -0.862. The Morgan fingerprint density at radius 2 is 1.05 bits per heavy atom. The van der Waals surface area contributed by atoms with Crippen molar-refractivity contribution in [1.82, 2.24) is 0 Å². The summed E-state index contributed by atoms with van der Waals surface area (Å²) in [4.78, 5) is 1.63. The van der Waals surface area contributed by atoms with Crippen LogP contribution in [0, 0.1) is 5.92 Å². The fraction of sp³-hybridized carbons (Fsp3) is 1.00. The van der Waals surface area contributed by atoms with E-state index in [1.807, 2.05) is 0 Å². The number of halogens is 1. The minimum Gasteiger partial charge on any atom is -1.00 e. The molecule has 0 aliphatic rings. The first-order valence-electron chi connectivity index (χ1n) is 8.99. The third kappa shape index (κ3) is 16.3. The standard InChI is InChI=1S/C18H39N.ClH/c1-5-7-9-11-12-14-16-18(17-19(3)4)15-13-10-8-6-2;/h18H,5-17H2,1-4H3;1H. The van der Waals surface area contributed by atoms with Crippen LogP contribution in [-0.2, 0) is 0 Å². The molecule has 0 aromatic heterocycles. The van der Waals surface area contributed by atoms with Gasteiger partial charge in [0.25, 0.3) is 0 Å². The van der Waals surface area contributed by atoms with Crippen molar-refractivity contribution < 1.29 is 17.3 Å². The lowest BCUT2D eigenvalue weighted by Crippen LogP contribution is -3.06. The Balaban J connectivity index is 0. The first-order valence-corrected chi connectivity index (χ1v) is 8.99. The van der Waals surface area contributed by atoms with E-state index in [0.717, 1.165) is 5.92 Å². The van der Waals surface area contributed by atoms with Crippen LogP contribution in [0.4, 0.5) is 0 Å². The second kappa shape index (κ2) is 17.3. The fourth-order valence-electron chi connectivity index (χ4n) is 3.00. The Morgan fingerprint density at radius 3 is 1.50 bits per heavy atom. The van der Waals surface area contributed by atoms with Gasteiger partial charge < -0.3 is 17.3 Å². The van der Waals surface area contributed by atoms with Crippen LogP contribution in [0.3, 0.4) is 0 Å². The molecule has 0 rings (SSSR count). The maximum atomic E-state index is 2.31. The molecule has 0 fully saturated rings.